The van der Waals surface area contributed by atoms with Gasteiger partial charge in [0.05, 0.1) is 18.3 Å². The van der Waals surface area contributed by atoms with Crippen LogP contribution in [-0.4, -0.2) is 67.9 Å². The third-order valence-electron chi connectivity index (χ3n) is 4.24. The van der Waals surface area contributed by atoms with E-state index < -0.39 is 5.60 Å². The number of piperidine rings is 1. The van der Waals surface area contributed by atoms with Crippen LogP contribution < -0.4 is 4.90 Å². The average Bonchev–Trinajstić information content (AvgIpc) is 3.08. The van der Waals surface area contributed by atoms with Gasteiger partial charge >= 0.3 is 0 Å². The normalized spacial score (nSPS) is 20.8. The first-order valence-electron chi connectivity index (χ1n) is 8.00. The van der Waals surface area contributed by atoms with Crippen molar-refractivity contribution in [3.05, 3.63) is 37.1 Å². The van der Waals surface area contributed by atoms with Crippen LogP contribution in [-0.2, 0) is 11.3 Å². The Hall–Kier alpha value is -2.48. The van der Waals surface area contributed by atoms with Crippen molar-refractivity contribution in [3.63, 3.8) is 0 Å². The summed E-state index contributed by atoms with van der Waals surface area (Å²) in [5, 5.41) is 15.0. The van der Waals surface area contributed by atoms with E-state index in [4.69, 9.17) is 0 Å². The molecule has 0 aromatic carbocycles. The summed E-state index contributed by atoms with van der Waals surface area (Å²) in [5.74, 6) is 0.671. The lowest BCUT2D eigenvalue weighted by Crippen LogP contribution is -2.55. The first-order valence-corrected chi connectivity index (χ1v) is 8.00. The maximum absolute atomic E-state index is 12.3. The van der Waals surface area contributed by atoms with Crippen molar-refractivity contribution in [2.75, 3.05) is 31.6 Å². The summed E-state index contributed by atoms with van der Waals surface area (Å²) < 4.78 is 1.58. The van der Waals surface area contributed by atoms with Crippen LogP contribution in [0.2, 0.25) is 0 Å². The Balaban J connectivity index is 1.61. The largest absolute Gasteiger partial charge is 0.386 e. The van der Waals surface area contributed by atoms with E-state index in [9.17, 15) is 9.90 Å². The van der Waals surface area contributed by atoms with Crippen LogP contribution in [0.5, 0.6) is 0 Å². The van der Waals surface area contributed by atoms with Gasteiger partial charge in [0.1, 0.15) is 12.4 Å². The van der Waals surface area contributed by atoms with Crippen molar-refractivity contribution in [1.82, 2.24) is 24.6 Å². The molecule has 1 saturated heterocycles. The molecule has 1 fully saturated rings. The molecule has 0 radical (unpaired) electrons. The van der Waals surface area contributed by atoms with Gasteiger partial charge in [-0.1, -0.05) is 0 Å². The number of carbonyl (C=O) groups is 1. The second kappa shape index (κ2) is 6.96. The summed E-state index contributed by atoms with van der Waals surface area (Å²) >= 11 is 0. The molecule has 2 aromatic heterocycles. The van der Waals surface area contributed by atoms with Crippen molar-refractivity contribution in [1.29, 1.82) is 0 Å². The summed E-state index contributed by atoms with van der Waals surface area (Å²) in [7, 11) is 1.71. The summed E-state index contributed by atoms with van der Waals surface area (Å²) in [6.07, 6.45) is 9.84. The van der Waals surface area contributed by atoms with E-state index in [0.29, 0.717) is 13.0 Å². The van der Waals surface area contributed by atoms with Crippen molar-refractivity contribution >= 4 is 11.7 Å². The number of amides is 1. The van der Waals surface area contributed by atoms with Gasteiger partial charge in [0.25, 0.3) is 0 Å². The van der Waals surface area contributed by atoms with E-state index in [1.807, 2.05) is 4.90 Å². The van der Waals surface area contributed by atoms with Crippen LogP contribution in [0.25, 0.3) is 0 Å². The molecule has 1 aliphatic heterocycles. The van der Waals surface area contributed by atoms with Crippen LogP contribution in [0.15, 0.2) is 37.1 Å². The van der Waals surface area contributed by atoms with Gasteiger partial charge in [-0.15, -0.1) is 0 Å². The average molecular weight is 330 g/mol. The molecule has 0 saturated carbocycles. The number of hydrogen-bond donors (Lipinski definition) is 1. The molecular formula is C16H22N6O2. The van der Waals surface area contributed by atoms with Crippen molar-refractivity contribution in [3.8, 4) is 0 Å². The highest BCUT2D eigenvalue weighted by Crippen LogP contribution is 2.25. The summed E-state index contributed by atoms with van der Waals surface area (Å²) in [5.41, 5.74) is -0.954. The molecular weight excluding hydrogens is 308 g/mol. The molecule has 8 heteroatoms. The molecule has 1 N–H and O–H groups in total. The molecule has 24 heavy (non-hydrogen) atoms. The monoisotopic (exact) mass is 330 g/mol. The topological polar surface area (TPSA) is 87.4 Å². The lowest BCUT2D eigenvalue weighted by molar-refractivity contribution is -0.134. The Labute approximate surface area is 140 Å². The fourth-order valence-electron chi connectivity index (χ4n) is 3.07. The molecule has 1 amide bonds. The van der Waals surface area contributed by atoms with Crippen LogP contribution in [0.3, 0.4) is 0 Å². The van der Waals surface area contributed by atoms with Gasteiger partial charge in [-0.3, -0.25) is 14.5 Å². The molecule has 3 rings (SSSR count). The predicted octanol–water partition coefficient (Wildman–Crippen LogP) is 0.163. The third kappa shape index (κ3) is 3.88. The number of hydrogen-bond acceptors (Lipinski definition) is 6. The highest BCUT2D eigenvalue weighted by Gasteiger charge is 2.35. The van der Waals surface area contributed by atoms with Crippen LogP contribution in [0, 0.1) is 0 Å². The number of carbonyl (C=O) groups excluding carboxylic acids is 1. The van der Waals surface area contributed by atoms with Crippen molar-refractivity contribution in [2.24, 2.45) is 0 Å². The van der Waals surface area contributed by atoms with Crippen molar-refractivity contribution < 1.29 is 9.90 Å². The summed E-state index contributed by atoms with van der Waals surface area (Å²) in [4.78, 5) is 24.3. The molecule has 0 aliphatic carbocycles. The number of rotatable bonds is 5. The number of anilines is 1. The van der Waals surface area contributed by atoms with E-state index in [1.54, 1.807) is 53.7 Å². The fourth-order valence-corrected chi connectivity index (χ4v) is 3.07. The standard InChI is InChI=1S/C16H22N6O2/c1-20(15(23)11-22-9-3-5-19-22)12-16(24)4-2-8-21(13-16)14-10-17-6-7-18-14/h3,5-7,9-10,24H,2,4,8,11-13H2,1H3/t16-/m0/s1. The molecule has 128 valence electrons. The quantitative estimate of drug-likeness (QED) is 0.840. The highest BCUT2D eigenvalue weighted by atomic mass is 16.3. The number of likely N-dealkylation sites (N-methyl/N-ethyl adjacent to an activating group) is 1. The van der Waals surface area contributed by atoms with Gasteiger partial charge in [-0.05, 0) is 18.9 Å². The minimum atomic E-state index is -0.954. The second-order valence-electron chi connectivity index (χ2n) is 6.27. The minimum absolute atomic E-state index is 0.0799. The molecule has 0 bridgehead atoms. The number of β-amino-alcohol motifs (C(OH)–C–C–N with tert-alkyl or cyclic N) is 1. The van der Waals surface area contributed by atoms with Gasteiger partial charge in [0.2, 0.25) is 5.91 Å². The number of aromatic nitrogens is 4. The van der Waals surface area contributed by atoms with Crippen LogP contribution in [0.1, 0.15) is 12.8 Å². The number of nitrogens with zero attached hydrogens (tertiary/aromatic N) is 6. The minimum Gasteiger partial charge on any atom is -0.386 e. The van der Waals surface area contributed by atoms with E-state index in [2.05, 4.69) is 15.1 Å². The molecule has 1 atom stereocenters. The van der Waals surface area contributed by atoms with E-state index in [0.717, 1.165) is 18.8 Å². The Morgan fingerprint density at radius 1 is 1.42 bits per heavy atom. The Morgan fingerprint density at radius 3 is 3.00 bits per heavy atom. The SMILES string of the molecule is CN(C[C@@]1(O)CCCN(c2cnccn2)C1)C(=O)Cn1cccn1. The van der Waals surface area contributed by atoms with Gasteiger partial charge in [-0.25, -0.2) is 4.98 Å². The zero-order valence-electron chi connectivity index (χ0n) is 13.7. The molecule has 0 spiro atoms. The Kier molecular flexibility index (Phi) is 4.75. The highest BCUT2D eigenvalue weighted by molar-refractivity contribution is 5.75. The lowest BCUT2D eigenvalue weighted by atomic mass is 9.92. The van der Waals surface area contributed by atoms with E-state index in [-0.39, 0.29) is 19.0 Å². The molecule has 2 aromatic rings. The van der Waals surface area contributed by atoms with Crippen LogP contribution in [0.4, 0.5) is 5.82 Å². The maximum Gasteiger partial charge on any atom is 0.244 e. The van der Waals surface area contributed by atoms with Gasteiger partial charge < -0.3 is 14.9 Å². The lowest BCUT2D eigenvalue weighted by Gasteiger charge is -2.41. The Morgan fingerprint density at radius 2 is 2.29 bits per heavy atom. The molecule has 8 nitrogen and oxygen atoms in total. The predicted molar refractivity (Wildman–Crippen MR) is 88.3 cm³/mol. The van der Waals surface area contributed by atoms with Gasteiger partial charge in [0.15, 0.2) is 0 Å². The first-order chi connectivity index (χ1) is 11.6. The van der Waals surface area contributed by atoms with Gasteiger partial charge in [-0.2, -0.15) is 5.10 Å². The fraction of sp³-hybridized carbons (Fsp3) is 0.500. The molecule has 3 heterocycles. The summed E-state index contributed by atoms with van der Waals surface area (Å²) in [6.45, 7) is 1.72. The summed E-state index contributed by atoms with van der Waals surface area (Å²) in [6, 6.07) is 1.78. The zero-order valence-corrected chi connectivity index (χ0v) is 13.7. The maximum atomic E-state index is 12.3. The Bertz CT molecular complexity index is 662. The van der Waals surface area contributed by atoms with Gasteiger partial charge in [0, 0.05) is 44.9 Å². The van der Waals surface area contributed by atoms with Crippen molar-refractivity contribution in [2.45, 2.75) is 25.0 Å². The molecule has 0 unspecified atom stereocenters. The second-order valence-corrected chi connectivity index (χ2v) is 6.27. The molecule has 1 aliphatic rings. The smallest absolute Gasteiger partial charge is 0.244 e. The zero-order chi connectivity index (χ0) is 17.0. The first kappa shape index (κ1) is 16.4. The van der Waals surface area contributed by atoms with Crippen LogP contribution >= 0.6 is 0 Å². The van der Waals surface area contributed by atoms with E-state index >= 15 is 0 Å². The van der Waals surface area contributed by atoms with E-state index in [1.165, 1.54) is 0 Å². The third-order valence-corrected chi connectivity index (χ3v) is 4.24. The number of aliphatic hydroxyl groups is 1.